The van der Waals surface area contributed by atoms with Crippen LogP contribution in [0.15, 0.2) is 337 Å². The van der Waals surface area contributed by atoms with Crippen LogP contribution in [-0.4, -0.2) is 77.9 Å². The molecule has 712 valence electrons. The minimum absolute atomic E-state index is 0. The van der Waals surface area contributed by atoms with E-state index >= 15 is 0 Å². The van der Waals surface area contributed by atoms with Crippen molar-refractivity contribution in [3.05, 3.63) is 347 Å². The number of aryl methyl sites for hydroxylation is 2. The van der Waals surface area contributed by atoms with E-state index in [1.807, 2.05) is 119 Å². The Balaban J connectivity index is 0.000000122. The van der Waals surface area contributed by atoms with Gasteiger partial charge in [0.05, 0.1) is 104 Å². The van der Waals surface area contributed by atoms with Crippen molar-refractivity contribution in [2.45, 2.75) is 85.5 Å². The topological polar surface area (TPSA) is 180 Å². The minimum Gasteiger partial charge on any atom is -0.263 e. The molecule has 0 amide bonds. The molecule has 0 radical (unpaired) electrons. The Bertz CT molecular complexity index is 7660. The third-order valence-electron chi connectivity index (χ3n) is 22.5. The third kappa shape index (κ3) is 25.3. The molecule has 1 unspecified atom stereocenters. The maximum absolute atomic E-state index is 6.53. The predicted molar refractivity (Wildman–Crippen MR) is 634 cm³/mol. The van der Waals surface area contributed by atoms with Gasteiger partial charge in [0.25, 0.3) is 0 Å². The number of pyridine rings is 2. The zero-order valence-corrected chi connectivity index (χ0v) is 90.9. The fourth-order valence-corrected chi connectivity index (χ4v) is 29.7. The van der Waals surface area contributed by atoms with Crippen LogP contribution in [-0.2, 0) is 12.8 Å². The molecule has 0 N–H and O–H groups in total. The van der Waals surface area contributed by atoms with E-state index in [2.05, 4.69) is 323 Å². The van der Waals surface area contributed by atoms with E-state index in [0.29, 0.717) is 0 Å². The maximum Gasteiger partial charge on any atom is 0.116 e. The normalized spacial score (nSPS) is 12.2. The van der Waals surface area contributed by atoms with Gasteiger partial charge in [0.15, 0.2) is 0 Å². The van der Waals surface area contributed by atoms with Gasteiger partial charge in [-0.05, 0) is 276 Å². The summed E-state index contributed by atoms with van der Waals surface area (Å²) < 4.78 is 39.0. The maximum atomic E-state index is 6.53. The van der Waals surface area contributed by atoms with Crippen molar-refractivity contribution in [2.24, 2.45) is 0 Å². The molecule has 24 aromatic rings. The second-order valence-electron chi connectivity index (χ2n) is 32.0. The molecule has 24 rings (SSSR count). The smallest absolute Gasteiger partial charge is 0.116 e. The number of aromatic nitrogens is 14. The van der Waals surface area contributed by atoms with Crippen molar-refractivity contribution in [3.63, 3.8) is 0 Å². The second-order valence-corrected chi connectivity index (χ2v) is 48.7. The number of hydrogen-bond donors (Lipinski definition) is 0. The van der Waals surface area contributed by atoms with Crippen molar-refractivity contribution < 1.29 is 0 Å². The molecule has 0 aliphatic carbocycles. The molecule has 24 heterocycles. The summed E-state index contributed by atoms with van der Waals surface area (Å²) >= 11 is 28.1. The second kappa shape index (κ2) is 49.6. The summed E-state index contributed by atoms with van der Waals surface area (Å²) in [7, 11) is -7.31. The van der Waals surface area contributed by atoms with Crippen LogP contribution in [0.5, 0.6) is 0 Å². The van der Waals surface area contributed by atoms with E-state index in [4.69, 9.17) is 7.67 Å². The van der Waals surface area contributed by atoms with Crippen LogP contribution in [0.1, 0.15) is 82.4 Å². The number of thiophene rings is 16. The van der Waals surface area contributed by atoms with Gasteiger partial charge in [-0.25, -0.2) is 39.9 Å². The van der Waals surface area contributed by atoms with Crippen LogP contribution in [0.4, 0.5) is 0 Å². The Kier molecular flexibility index (Phi) is 32.2. The van der Waals surface area contributed by atoms with Gasteiger partial charge < -0.3 is 0 Å². The third-order valence-corrected chi connectivity index (χ3v) is 39.9. The predicted octanol–water partition coefficient (Wildman–Crippen LogP) is 37.6. The van der Waals surface area contributed by atoms with E-state index < -0.39 is 17.5 Å². The Morgan fingerprint density at radius 1 is 0.252 bits per heavy atom. The van der Waals surface area contributed by atoms with Gasteiger partial charge in [-0.15, -0.1) is 202 Å². The number of nitrogens with zero attached hydrogens (tertiary/aromatic N) is 14. The van der Waals surface area contributed by atoms with E-state index in [1.54, 1.807) is 161 Å². The van der Waals surface area contributed by atoms with Crippen molar-refractivity contribution in [1.82, 2.24) is 70.2 Å². The molecule has 0 aromatic carbocycles. The molecule has 0 spiro atoms. The Morgan fingerprint density at radius 3 is 0.727 bits per heavy atom. The van der Waals surface area contributed by atoms with Crippen LogP contribution >= 0.6 is 199 Å². The molecule has 14 nitrogen and oxygen atoms in total. The van der Waals surface area contributed by atoms with Gasteiger partial charge in [0.2, 0.25) is 0 Å². The summed E-state index contributed by atoms with van der Waals surface area (Å²) in [5.41, 5.74) is 16.1. The number of hydrogen-bond acceptors (Lipinski definition) is 30. The summed E-state index contributed by atoms with van der Waals surface area (Å²) in [5, 5.41) is 30.1. The zero-order chi connectivity index (χ0) is 101. The van der Waals surface area contributed by atoms with E-state index in [9.17, 15) is 0 Å². The van der Waals surface area contributed by atoms with Gasteiger partial charge in [0, 0.05) is 115 Å². The Morgan fingerprint density at radius 2 is 0.469 bits per heavy atom. The number of rotatable bonds is 31. The van der Waals surface area contributed by atoms with E-state index in [0.717, 1.165) is 141 Å². The van der Waals surface area contributed by atoms with Crippen LogP contribution in [0.25, 0.3) is 208 Å². The van der Waals surface area contributed by atoms with Gasteiger partial charge in [-0.2, -0.15) is 0 Å². The van der Waals surface area contributed by atoms with Crippen molar-refractivity contribution in [2.75, 3.05) is 0 Å². The largest absolute Gasteiger partial charge is 0.263 e. The monoisotopic (exact) mass is 2200 g/mol. The van der Waals surface area contributed by atoms with Crippen molar-refractivity contribution >= 4 is 199 Å². The fraction of sp³-hybridized carbons (Fsp3) is 0.117. The molecule has 1 atom stereocenters. The summed E-state index contributed by atoms with van der Waals surface area (Å²) in [6, 6.07) is 89.6. The van der Waals surface area contributed by atoms with Gasteiger partial charge in [0.1, 0.15) is 48.1 Å². The van der Waals surface area contributed by atoms with Gasteiger partial charge in [-0.1, -0.05) is 96.2 Å². The standard InChI is InChI=1S/C36H38N4S4.C26H16N2S4.2C24H14N4S4.CH4.H6P2/c1-3-5-7-9-11-25-13-15-31(41-25)27-21-29(39-23-37-27)33-17-19-35(43-33)36-20-18-34(44-36)30-22-28(38-24-40-30)32-16-14-26(42-32)12-10-8-6-4-2;1-3-21(29-9-1)17-11-19(15-27-13-17)23-5-7-25(31-23)26-8-6-24(32-26)20-12-18(14-28-16-20)22-4-2-10-30-22;1-3-19(29-13-1)15-5-7-17(27-25-15)21-9-11-23(31-21)24-12-10-22(32-24)18-8-6-16(26-28-18)20-4-2-14-30-20;1-3-19(29-9-1)15-11-17(27-13-25-15)21-5-7-23(31-21)24-8-6-22(32-24)18-12-16(26-14-28-18)20-4-2-10-30-20;;1-2/h13-24H,3-12H2,1-2H3;1-16H;2*1-14H;1H4;1H2,2H4/i;;;;;1TD,2T3D. The molecule has 32 heteroatoms. The molecule has 24 aromatic heterocycles. The first kappa shape index (κ1) is 92.9. The molecular formula is C111H92N14P2S16. The molecular weight excluding hydrogens is 2100 g/mol. The fourth-order valence-electron chi connectivity index (χ4n) is 15.3. The number of unbranched alkanes of at least 4 members (excludes halogenated alkanes) is 6. The molecule has 143 heavy (non-hydrogen) atoms. The summed E-state index contributed by atoms with van der Waals surface area (Å²) in [6.45, 7) is 4.52. The molecule has 0 saturated carbocycles. The minimum atomic E-state index is -4.79. The van der Waals surface area contributed by atoms with Crippen LogP contribution in [0, 0.1) is 0 Å². The molecule has 0 aliphatic rings. The van der Waals surface area contributed by atoms with E-state index in [-0.39, 0.29) is 7.43 Å². The molecule has 0 fully saturated rings. The van der Waals surface area contributed by atoms with Gasteiger partial charge in [-0.3, -0.25) is 9.97 Å². The van der Waals surface area contributed by atoms with Crippen molar-refractivity contribution in [1.29, 1.82) is 7.67 Å². The zero-order valence-electron chi connectivity index (χ0n) is 82.1. The molecule has 0 bridgehead atoms. The van der Waals surface area contributed by atoms with Crippen LogP contribution < -0.4 is 0 Å². The Hall–Kier alpha value is -11.2. The van der Waals surface area contributed by atoms with E-state index in [1.165, 1.54) is 141 Å². The first-order valence-electron chi connectivity index (χ1n) is 48.2. The van der Waals surface area contributed by atoms with Gasteiger partial charge >= 0.3 is 25.2 Å². The Labute approximate surface area is 907 Å². The first-order chi connectivity index (χ1) is 72.4. The average molecular weight is 2210 g/mol. The van der Waals surface area contributed by atoms with Crippen molar-refractivity contribution in [3.8, 4) is 208 Å². The quantitative estimate of drug-likeness (QED) is 0.0296. The summed E-state index contributed by atoms with van der Waals surface area (Å²) in [5.74, 6) is 0. The first-order valence-corrected chi connectivity index (χ1v) is 60.5. The van der Waals surface area contributed by atoms with Crippen LogP contribution in [0.3, 0.4) is 0 Å². The molecule has 0 saturated heterocycles. The SMILES string of the molecule is C.CCCCCCc1ccc(-c2cc(-c3ccc(-c4ccc(-c5cc(-c6ccc(CCCCCC)s6)ncn5)s4)s3)ncn2)s1.[2H]P([3H])P([2H])([3H])([3H])[3H].c1csc(-c2cc(-c3ccc(-c4ccc(-c5cc(-c6cccs6)ncn5)s4)s3)ncn2)c1.c1csc(-c2ccc(-c3ccc(-c4ccc(-c5ccc(-c6cccs6)nn5)s4)s3)nn2)c1.c1csc(-c2cncc(-c3ccc(-c4ccc(-c5cncc(-c6cccs6)c5)s4)s3)c2)c1. The molecule has 0 aliphatic heterocycles. The summed E-state index contributed by atoms with van der Waals surface area (Å²) in [4.78, 5) is 76.9. The average Bonchev–Trinajstić information content (AvgIpc) is 1.69. The summed E-state index contributed by atoms with van der Waals surface area (Å²) in [6.07, 6.45) is 27.1. The van der Waals surface area contributed by atoms with Crippen LogP contribution in [0.2, 0.25) is 0 Å².